The van der Waals surface area contributed by atoms with E-state index in [0.717, 1.165) is 11.1 Å². The minimum absolute atomic E-state index is 0.0578. The highest BCUT2D eigenvalue weighted by Gasteiger charge is 2.38. The van der Waals surface area contributed by atoms with Gasteiger partial charge in [0, 0.05) is 5.56 Å². The van der Waals surface area contributed by atoms with E-state index in [4.69, 9.17) is 9.15 Å². The van der Waals surface area contributed by atoms with Gasteiger partial charge in [-0.3, -0.25) is 4.79 Å². The third-order valence-electron chi connectivity index (χ3n) is 5.56. The van der Waals surface area contributed by atoms with Crippen LogP contribution in [0.1, 0.15) is 40.1 Å². The lowest BCUT2D eigenvalue weighted by molar-refractivity contribution is -0.138. The van der Waals surface area contributed by atoms with Crippen LogP contribution in [0, 0.1) is 18.3 Å². The first-order valence-electron chi connectivity index (χ1n) is 11.2. The maximum Gasteiger partial charge on any atom is 0.337 e. The number of ether oxygens (including phenoxy) is 1. The largest absolute Gasteiger partial charge is 0.468 e. The summed E-state index contributed by atoms with van der Waals surface area (Å²) in [6.07, 6.45) is 1.51. The molecule has 0 saturated carbocycles. The normalized spacial score (nSPS) is 15.4. The van der Waals surface area contributed by atoms with Gasteiger partial charge in [0.2, 0.25) is 0 Å². The Morgan fingerprint density at radius 2 is 1.83 bits per heavy atom. The zero-order valence-corrected chi connectivity index (χ0v) is 20.2. The van der Waals surface area contributed by atoms with E-state index in [2.05, 4.69) is 11.4 Å². The molecule has 0 amide bonds. The second kappa shape index (κ2) is 10.9. The highest BCUT2D eigenvalue weighted by Crippen LogP contribution is 2.43. The number of nitrogens with zero attached hydrogens (tertiary/aromatic N) is 1. The molecule has 1 aliphatic heterocycles. The van der Waals surface area contributed by atoms with Crippen LogP contribution < -0.4 is 5.32 Å². The Bertz CT molecular complexity index is 1320. The Morgan fingerprint density at radius 1 is 1.09 bits per heavy atom. The number of ketones is 1. The van der Waals surface area contributed by atoms with Crippen LogP contribution in [-0.4, -0.2) is 24.1 Å². The number of Topliss-reactive ketones (excluding diaryl/α,β-unsaturated/α-hetero) is 1. The molecular weight excluding hydrogens is 460 g/mol. The van der Waals surface area contributed by atoms with E-state index in [-0.39, 0.29) is 18.1 Å². The molecule has 1 atom stereocenters. The Hall–Kier alpha value is -4.02. The molecule has 0 spiro atoms. The molecule has 2 aromatic carbocycles. The van der Waals surface area contributed by atoms with Crippen molar-refractivity contribution in [3.8, 4) is 6.07 Å². The number of benzene rings is 2. The van der Waals surface area contributed by atoms with Crippen molar-refractivity contribution in [3.05, 3.63) is 112 Å². The van der Waals surface area contributed by atoms with Crippen LogP contribution in [0.15, 0.2) is 93.6 Å². The lowest BCUT2D eigenvalue weighted by atomic mass is 9.84. The van der Waals surface area contributed by atoms with Gasteiger partial charge in [-0.2, -0.15) is 5.26 Å². The second-order valence-electron chi connectivity index (χ2n) is 7.88. The number of furan rings is 1. The standard InChI is InChI=1S/C28H24N2O4S/c1-3-33-28(32)25-24(23-10-7-15-34-23)21(16-29)27(30-26(25)20-8-5-4-6-9-20)35-17-22(31)19-13-11-18(2)12-14-19/h4-15,24,30H,3,17H2,1-2H3/t24-/m0/s1. The minimum Gasteiger partial charge on any atom is -0.468 e. The van der Waals surface area contributed by atoms with Gasteiger partial charge >= 0.3 is 5.97 Å². The quantitative estimate of drug-likeness (QED) is 0.329. The molecule has 0 saturated heterocycles. The number of hydrogen-bond acceptors (Lipinski definition) is 7. The molecule has 1 aromatic heterocycles. The molecule has 4 rings (SSSR count). The van der Waals surface area contributed by atoms with Gasteiger partial charge in [-0.25, -0.2) is 4.79 Å². The summed E-state index contributed by atoms with van der Waals surface area (Å²) >= 11 is 1.23. The summed E-state index contributed by atoms with van der Waals surface area (Å²) in [6.45, 7) is 3.89. The molecular formula is C28H24N2O4S. The van der Waals surface area contributed by atoms with Crippen molar-refractivity contribution in [2.24, 2.45) is 0 Å². The monoisotopic (exact) mass is 484 g/mol. The molecule has 7 heteroatoms. The van der Waals surface area contributed by atoms with E-state index >= 15 is 0 Å². The molecule has 35 heavy (non-hydrogen) atoms. The Balaban J connectivity index is 1.77. The minimum atomic E-state index is -0.775. The van der Waals surface area contributed by atoms with Gasteiger partial charge in [0.25, 0.3) is 0 Å². The second-order valence-corrected chi connectivity index (χ2v) is 8.87. The maximum atomic E-state index is 13.2. The molecule has 3 aromatic rings. The van der Waals surface area contributed by atoms with Crippen LogP contribution in [0.2, 0.25) is 0 Å². The Morgan fingerprint density at radius 3 is 2.46 bits per heavy atom. The first kappa shape index (κ1) is 24.1. The molecule has 2 heterocycles. The van der Waals surface area contributed by atoms with Crippen LogP contribution in [0.25, 0.3) is 5.70 Å². The number of carbonyl (C=O) groups is 2. The van der Waals surface area contributed by atoms with Crippen LogP contribution in [0.4, 0.5) is 0 Å². The average molecular weight is 485 g/mol. The van der Waals surface area contributed by atoms with Crippen molar-refractivity contribution >= 4 is 29.2 Å². The SMILES string of the molecule is CCOC(=O)C1=C(c2ccccc2)NC(SCC(=O)c2ccc(C)cc2)=C(C#N)[C@H]1c1ccco1. The molecule has 1 N–H and O–H groups in total. The van der Waals surface area contributed by atoms with Gasteiger partial charge in [0.15, 0.2) is 5.78 Å². The zero-order chi connectivity index (χ0) is 24.8. The van der Waals surface area contributed by atoms with Gasteiger partial charge in [0.1, 0.15) is 5.76 Å². The maximum absolute atomic E-state index is 13.2. The topological polar surface area (TPSA) is 92.3 Å². The third-order valence-corrected chi connectivity index (χ3v) is 6.57. The number of hydrogen-bond donors (Lipinski definition) is 1. The highest BCUT2D eigenvalue weighted by molar-refractivity contribution is 8.03. The molecule has 0 radical (unpaired) electrons. The summed E-state index contributed by atoms with van der Waals surface area (Å²) in [6, 6.07) is 22.4. The van der Waals surface area contributed by atoms with E-state index in [1.807, 2.05) is 49.4 Å². The van der Waals surface area contributed by atoms with Crippen molar-refractivity contribution in [2.45, 2.75) is 19.8 Å². The lowest BCUT2D eigenvalue weighted by Gasteiger charge is -2.29. The number of thioether (sulfide) groups is 1. The third kappa shape index (κ3) is 5.23. The fourth-order valence-corrected chi connectivity index (χ4v) is 4.79. The van der Waals surface area contributed by atoms with Crippen LogP contribution in [0.3, 0.4) is 0 Å². The van der Waals surface area contributed by atoms with Gasteiger partial charge in [-0.15, -0.1) is 0 Å². The fraction of sp³-hybridized carbons (Fsp3) is 0.179. The van der Waals surface area contributed by atoms with E-state index in [0.29, 0.717) is 33.2 Å². The molecule has 0 aliphatic carbocycles. The van der Waals surface area contributed by atoms with Crippen LogP contribution >= 0.6 is 11.8 Å². The highest BCUT2D eigenvalue weighted by atomic mass is 32.2. The smallest absolute Gasteiger partial charge is 0.337 e. The van der Waals surface area contributed by atoms with Gasteiger partial charge in [-0.05, 0) is 31.5 Å². The van der Waals surface area contributed by atoms with Crippen molar-refractivity contribution in [3.63, 3.8) is 0 Å². The summed E-state index contributed by atoms with van der Waals surface area (Å²) in [5.74, 6) is -0.798. The molecule has 0 unspecified atom stereocenters. The first-order valence-corrected chi connectivity index (χ1v) is 12.2. The van der Waals surface area contributed by atoms with Gasteiger partial charge < -0.3 is 14.5 Å². The summed E-state index contributed by atoms with van der Waals surface area (Å²) in [5, 5.41) is 13.9. The predicted molar refractivity (Wildman–Crippen MR) is 135 cm³/mol. The van der Waals surface area contributed by atoms with E-state index in [9.17, 15) is 14.9 Å². The van der Waals surface area contributed by atoms with Crippen LogP contribution in [0.5, 0.6) is 0 Å². The number of nitrogens with one attached hydrogen (secondary N) is 1. The summed E-state index contributed by atoms with van der Waals surface area (Å²) in [5.41, 5.74) is 3.54. The number of allylic oxidation sites excluding steroid dienone is 1. The lowest BCUT2D eigenvalue weighted by Crippen LogP contribution is -2.29. The average Bonchev–Trinajstić information content (AvgIpc) is 3.42. The zero-order valence-electron chi connectivity index (χ0n) is 19.4. The Labute approximate surface area is 208 Å². The van der Waals surface area contributed by atoms with Crippen molar-refractivity contribution in [2.75, 3.05) is 12.4 Å². The summed E-state index contributed by atoms with van der Waals surface area (Å²) < 4.78 is 11.1. The number of esters is 1. The number of rotatable bonds is 8. The predicted octanol–water partition coefficient (Wildman–Crippen LogP) is 5.60. The first-order chi connectivity index (χ1) is 17.0. The summed E-state index contributed by atoms with van der Waals surface area (Å²) in [7, 11) is 0. The van der Waals surface area contributed by atoms with Gasteiger partial charge in [-0.1, -0.05) is 71.9 Å². The molecule has 176 valence electrons. The molecule has 0 bridgehead atoms. The molecule has 0 fully saturated rings. The fourth-order valence-electron chi connectivity index (χ4n) is 3.86. The van der Waals surface area contributed by atoms with E-state index in [1.54, 1.807) is 31.2 Å². The number of aryl methyl sites for hydroxylation is 1. The van der Waals surface area contributed by atoms with Crippen molar-refractivity contribution in [1.82, 2.24) is 5.32 Å². The van der Waals surface area contributed by atoms with Crippen molar-refractivity contribution < 1.29 is 18.7 Å². The molecule has 1 aliphatic rings. The van der Waals surface area contributed by atoms with Gasteiger partial charge in [0.05, 0.1) is 52.5 Å². The number of nitriles is 1. The van der Waals surface area contributed by atoms with E-state index in [1.165, 1.54) is 18.0 Å². The number of dihydropyridines is 1. The Kier molecular flexibility index (Phi) is 7.54. The van der Waals surface area contributed by atoms with Crippen molar-refractivity contribution in [1.29, 1.82) is 5.26 Å². The molecule has 6 nitrogen and oxygen atoms in total. The number of carbonyl (C=O) groups excluding carboxylic acids is 2. The summed E-state index contributed by atoms with van der Waals surface area (Å²) in [4.78, 5) is 26.0. The van der Waals surface area contributed by atoms with E-state index < -0.39 is 11.9 Å². The van der Waals surface area contributed by atoms with Crippen LogP contribution in [-0.2, 0) is 9.53 Å².